The van der Waals surface area contributed by atoms with Crippen molar-refractivity contribution in [2.75, 3.05) is 11.9 Å². The zero-order valence-corrected chi connectivity index (χ0v) is 20.2. The minimum absolute atomic E-state index is 0.0393. The number of benzene rings is 2. The molecule has 0 aromatic heterocycles. The largest absolute Gasteiger partial charge is 0.492 e. The fraction of sp³-hybridized carbons (Fsp3) is 0.480. The highest BCUT2D eigenvalue weighted by Crippen LogP contribution is 2.48. The Kier molecular flexibility index (Phi) is 6.14. The number of hydrogen-bond donors (Lipinski definition) is 1. The maximum Gasteiger partial charge on any atom is 0.224 e. The minimum atomic E-state index is -0.0555. The van der Waals surface area contributed by atoms with E-state index in [0.29, 0.717) is 18.9 Å². The van der Waals surface area contributed by atoms with E-state index in [1.807, 2.05) is 6.92 Å². The van der Waals surface area contributed by atoms with E-state index in [0.717, 1.165) is 27.0 Å². The molecular formula is C25H32BrNO2. The average molecular weight is 458 g/mol. The first kappa shape index (κ1) is 21.9. The van der Waals surface area contributed by atoms with E-state index in [2.05, 4.69) is 87.1 Å². The number of ether oxygens (including phenoxy) is 1. The van der Waals surface area contributed by atoms with Crippen LogP contribution < -0.4 is 10.1 Å². The molecule has 2 aromatic carbocycles. The van der Waals surface area contributed by atoms with E-state index >= 15 is 0 Å². The first-order chi connectivity index (χ1) is 13.5. The fourth-order valence-corrected chi connectivity index (χ4v) is 4.58. The number of amides is 1. The SMILES string of the molecule is Cc1c(Br)c(NC(=O)CC(C)(C)C)c(C)c2c1OCC2c1ccc(C(C)C)cc1. The summed E-state index contributed by atoms with van der Waals surface area (Å²) in [6, 6.07) is 8.86. The molecule has 0 radical (unpaired) electrons. The highest BCUT2D eigenvalue weighted by atomic mass is 79.9. The van der Waals surface area contributed by atoms with Crippen molar-refractivity contribution in [1.29, 1.82) is 0 Å². The molecule has 156 valence electrons. The number of hydrogen-bond acceptors (Lipinski definition) is 2. The van der Waals surface area contributed by atoms with Crippen molar-refractivity contribution in [2.24, 2.45) is 5.41 Å². The number of rotatable bonds is 4. The molecule has 0 spiro atoms. The van der Waals surface area contributed by atoms with Crippen LogP contribution in [0.25, 0.3) is 0 Å². The van der Waals surface area contributed by atoms with Crippen LogP contribution in [0.2, 0.25) is 0 Å². The molecule has 1 aliphatic heterocycles. The molecule has 29 heavy (non-hydrogen) atoms. The van der Waals surface area contributed by atoms with Crippen molar-refractivity contribution < 1.29 is 9.53 Å². The standard InChI is InChI=1S/C25H32BrNO2/c1-14(2)17-8-10-18(11-9-17)19-13-29-24-16(4)22(26)23(15(3)21(19)24)27-20(28)12-25(5,6)7/h8-11,14,19H,12-13H2,1-7H3,(H,27,28). The Balaban J connectivity index is 2.00. The summed E-state index contributed by atoms with van der Waals surface area (Å²) in [5.41, 5.74) is 6.71. The summed E-state index contributed by atoms with van der Waals surface area (Å²) in [5, 5.41) is 3.16. The molecule has 1 aliphatic rings. The summed E-state index contributed by atoms with van der Waals surface area (Å²) in [7, 11) is 0. The van der Waals surface area contributed by atoms with Gasteiger partial charge in [-0.2, -0.15) is 0 Å². The predicted molar refractivity (Wildman–Crippen MR) is 124 cm³/mol. The number of halogens is 1. The van der Waals surface area contributed by atoms with Crippen LogP contribution in [0.1, 0.15) is 80.7 Å². The predicted octanol–water partition coefficient (Wildman–Crippen LogP) is 7.09. The molecule has 0 saturated heterocycles. The van der Waals surface area contributed by atoms with E-state index < -0.39 is 0 Å². The van der Waals surface area contributed by atoms with Crippen LogP contribution in [-0.2, 0) is 4.79 Å². The normalized spacial score (nSPS) is 16.0. The van der Waals surface area contributed by atoms with Gasteiger partial charge in [-0.1, -0.05) is 58.9 Å². The Labute approximate surface area is 183 Å². The van der Waals surface area contributed by atoms with E-state index in [4.69, 9.17) is 4.74 Å². The highest BCUT2D eigenvalue weighted by molar-refractivity contribution is 9.10. The molecule has 1 heterocycles. The topological polar surface area (TPSA) is 38.3 Å². The molecule has 4 heteroatoms. The summed E-state index contributed by atoms with van der Waals surface area (Å²) >= 11 is 3.70. The third-order valence-electron chi connectivity index (χ3n) is 5.62. The molecule has 3 rings (SSSR count). The lowest BCUT2D eigenvalue weighted by atomic mass is 9.87. The molecule has 2 aromatic rings. The van der Waals surface area contributed by atoms with Crippen LogP contribution in [0.15, 0.2) is 28.7 Å². The second-order valence-corrected chi connectivity index (χ2v) is 10.4. The molecule has 0 fully saturated rings. The summed E-state index contributed by atoms with van der Waals surface area (Å²) < 4.78 is 7.04. The van der Waals surface area contributed by atoms with Crippen molar-refractivity contribution >= 4 is 27.5 Å². The van der Waals surface area contributed by atoms with Gasteiger partial charge in [0.05, 0.1) is 12.3 Å². The average Bonchev–Trinajstić information content (AvgIpc) is 3.07. The second-order valence-electron chi connectivity index (χ2n) is 9.65. The monoisotopic (exact) mass is 457 g/mol. The Hall–Kier alpha value is -1.81. The van der Waals surface area contributed by atoms with Gasteiger partial charge in [-0.25, -0.2) is 0 Å². The third-order valence-corrected chi connectivity index (χ3v) is 6.61. The number of carbonyl (C=O) groups is 1. The van der Waals surface area contributed by atoms with Gasteiger partial charge >= 0.3 is 0 Å². The van der Waals surface area contributed by atoms with Crippen LogP contribution in [-0.4, -0.2) is 12.5 Å². The molecule has 3 nitrogen and oxygen atoms in total. The summed E-state index contributed by atoms with van der Waals surface area (Å²) in [6.45, 7) is 15.4. The third kappa shape index (κ3) is 4.53. The van der Waals surface area contributed by atoms with Gasteiger partial charge < -0.3 is 10.1 Å². The van der Waals surface area contributed by atoms with Gasteiger partial charge in [-0.3, -0.25) is 4.79 Å². The maximum atomic E-state index is 12.6. The van der Waals surface area contributed by atoms with E-state index in [-0.39, 0.29) is 17.2 Å². The first-order valence-corrected chi connectivity index (χ1v) is 11.1. The molecule has 1 unspecified atom stereocenters. The fourth-order valence-electron chi connectivity index (χ4n) is 4.00. The van der Waals surface area contributed by atoms with Gasteiger partial charge in [-0.05, 0) is 57.8 Å². The number of fused-ring (bicyclic) bond motifs is 1. The summed E-state index contributed by atoms with van der Waals surface area (Å²) in [5.74, 6) is 1.68. The summed E-state index contributed by atoms with van der Waals surface area (Å²) in [4.78, 5) is 12.6. The smallest absolute Gasteiger partial charge is 0.224 e. The van der Waals surface area contributed by atoms with E-state index in [9.17, 15) is 4.79 Å². The highest BCUT2D eigenvalue weighted by Gasteiger charge is 2.32. The van der Waals surface area contributed by atoms with Crippen LogP contribution in [0.3, 0.4) is 0 Å². The van der Waals surface area contributed by atoms with Crippen LogP contribution >= 0.6 is 15.9 Å². The number of anilines is 1. The second kappa shape index (κ2) is 8.14. The molecule has 0 bridgehead atoms. The molecular weight excluding hydrogens is 426 g/mol. The van der Waals surface area contributed by atoms with Gasteiger partial charge in [0, 0.05) is 27.9 Å². The quantitative estimate of drug-likeness (QED) is 0.531. The van der Waals surface area contributed by atoms with Crippen molar-refractivity contribution in [3.8, 4) is 5.75 Å². The van der Waals surface area contributed by atoms with E-state index in [1.165, 1.54) is 16.7 Å². The molecule has 0 aliphatic carbocycles. The minimum Gasteiger partial charge on any atom is -0.492 e. The molecule has 1 N–H and O–H groups in total. The first-order valence-electron chi connectivity index (χ1n) is 10.3. The van der Waals surface area contributed by atoms with Gasteiger partial charge in [0.25, 0.3) is 0 Å². The van der Waals surface area contributed by atoms with Crippen molar-refractivity contribution in [3.63, 3.8) is 0 Å². The van der Waals surface area contributed by atoms with Crippen molar-refractivity contribution in [3.05, 3.63) is 56.6 Å². The zero-order chi connectivity index (χ0) is 21.5. The zero-order valence-electron chi connectivity index (χ0n) is 18.6. The summed E-state index contributed by atoms with van der Waals surface area (Å²) in [6.07, 6.45) is 0.478. The number of nitrogens with one attached hydrogen (secondary N) is 1. The Bertz CT molecular complexity index is 924. The van der Waals surface area contributed by atoms with Gasteiger partial charge in [0.2, 0.25) is 5.91 Å². The van der Waals surface area contributed by atoms with Crippen molar-refractivity contribution in [2.45, 2.75) is 66.7 Å². The maximum absolute atomic E-state index is 12.6. The van der Waals surface area contributed by atoms with Crippen molar-refractivity contribution in [1.82, 2.24) is 0 Å². The van der Waals surface area contributed by atoms with Crippen LogP contribution in [0.4, 0.5) is 5.69 Å². The van der Waals surface area contributed by atoms with Crippen LogP contribution in [0, 0.1) is 19.3 Å². The Morgan fingerprint density at radius 2 is 1.79 bits per heavy atom. The molecule has 1 amide bonds. The number of carbonyl (C=O) groups excluding carboxylic acids is 1. The Morgan fingerprint density at radius 1 is 1.17 bits per heavy atom. The lowest BCUT2D eigenvalue weighted by Crippen LogP contribution is -2.21. The lowest BCUT2D eigenvalue weighted by molar-refractivity contribution is -0.117. The Morgan fingerprint density at radius 3 is 2.34 bits per heavy atom. The van der Waals surface area contributed by atoms with E-state index in [1.54, 1.807) is 0 Å². The van der Waals surface area contributed by atoms with Gasteiger partial charge in [0.15, 0.2) is 0 Å². The van der Waals surface area contributed by atoms with Gasteiger partial charge in [-0.15, -0.1) is 0 Å². The molecule has 0 saturated carbocycles. The van der Waals surface area contributed by atoms with Crippen LogP contribution in [0.5, 0.6) is 5.75 Å². The lowest BCUT2D eigenvalue weighted by Gasteiger charge is -2.22. The molecule has 1 atom stereocenters. The van der Waals surface area contributed by atoms with Gasteiger partial charge in [0.1, 0.15) is 5.75 Å².